The quantitative estimate of drug-likeness (QED) is 0.763. The Labute approximate surface area is 101 Å². The largest absolute Gasteiger partial charge is 0.377 e. The summed E-state index contributed by atoms with van der Waals surface area (Å²) in [7, 11) is 1.73. The van der Waals surface area contributed by atoms with Gasteiger partial charge >= 0.3 is 0 Å². The molecule has 0 amide bonds. The van der Waals surface area contributed by atoms with E-state index in [1.165, 1.54) is 6.33 Å². The monoisotopic (exact) mass is 240 g/mol. The van der Waals surface area contributed by atoms with E-state index < -0.39 is 0 Å². The first-order valence-corrected chi connectivity index (χ1v) is 6.02. The first-order valence-electron chi connectivity index (χ1n) is 6.02. The summed E-state index contributed by atoms with van der Waals surface area (Å²) in [4.78, 5) is 4.13. The van der Waals surface area contributed by atoms with Crippen LogP contribution in [0.1, 0.15) is 32.1 Å². The van der Waals surface area contributed by atoms with Gasteiger partial charge in [0.2, 0.25) is 0 Å². The molecule has 17 heavy (non-hydrogen) atoms. The molecule has 4 unspecified atom stereocenters. The van der Waals surface area contributed by atoms with Gasteiger partial charge in [-0.15, -0.1) is 0 Å². The fourth-order valence-electron chi connectivity index (χ4n) is 2.26. The standard InChI is InChI=1S/C11H20N4O2/c1-4-17-9-5-8(10(9)16-3)14-7(2)11-12-6-13-15-11/h6-10,14H,4-5H2,1-3H3,(H,12,13,15). The third-order valence-electron chi connectivity index (χ3n) is 3.21. The van der Waals surface area contributed by atoms with Gasteiger partial charge in [-0.3, -0.25) is 5.10 Å². The van der Waals surface area contributed by atoms with Crippen molar-refractivity contribution in [3.8, 4) is 0 Å². The van der Waals surface area contributed by atoms with Crippen LogP contribution >= 0.6 is 0 Å². The molecule has 1 aromatic heterocycles. The minimum absolute atomic E-state index is 0.125. The van der Waals surface area contributed by atoms with Gasteiger partial charge in [0.15, 0.2) is 0 Å². The predicted molar refractivity (Wildman–Crippen MR) is 62.5 cm³/mol. The molecule has 1 aliphatic rings. The van der Waals surface area contributed by atoms with E-state index in [1.54, 1.807) is 7.11 Å². The molecule has 4 atom stereocenters. The van der Waals surface area contributed by atoms with E-state index in [1.807, 2.05) is 6.92 Å². The van der Waals surface area contributed by atoms with Crippen LogP contribution in [0.3, 0.4) is 0 Å². The number of methoxy groups -OCH3 is 1. The number of hydrogen-bond acceptors (Lipinski definition) is 5. The molecular weight excluding hydrogens is 220 g/mol. The number of rotatable bonds is 6. The molecule has 2 rings (SSSR count). The van der Waals surface area contributed by atoms with Crippen molar-refractivity contribution in [1.82, 2.24) is 20.5 Å². The highest BCUT2D eigenvalue weighted by molar-refractivity contribution is 5.00. The third-order valence-corrected chi connectivity index (χ3v) is 3.21. The molecule has 0 aromatic carbocycles. The van der Waals surface area contributed by atoms with Gasteiger partial charge in [0.05, 0.1) is 18.2 Å². The number of H-pyrrole nitrogens is 1. The van der Waals surface area contributed by atoms with Gasteiger partial charge in [0.1, 0.15) is 12.2 Å². The van der Waals surface area contributed by atoms with E-state index >= 15 is 0 Å². The Balaban J connectivity index is 1.84. The number of hydrogen-bond donors (Lipinski definition) is 2. The van der Waals surface area contributed by atoms with Gasteiger partial charge in [0.25, 0.3) is 0 Å². The normalized spacial score (nSPS) is 29.9. The summed E-state index contributed by atoms with van der Waals surface area (Å²) >= 11 is 0. The highest BCUT2D eigenvalue weighted by Gasteiger charge is 2.42. The zero-order chi connectivity index (χ0) is 12.3. The number of nitrogens with one attached hydrogen (secondary N) is 2. The van der Waals surface area contributed by atoms with E-state index in [4.69, 9.17) is 9.47 Å². The molecule has 0 radical (unpaired) electrons. The molecule has 0 aliphatic heterocycles. The number of nitrogens with zero attached hydrogens (tertiary/aromatic N) is 2. The van der Waals surface area contributed by atoms with Crippen LogP contribution in [0.2, 0.25) is 0 Å². The van der Waals surface area contributed by atoms with Crippen molar-refractivity contribution in [2.45, 2.75) is 44.6 Å². The average molecular weight is 240 g/mol. The van der Waals surface area contributed by atoms with E-state index in [2.05, 4.69) is 27.4 Å². The number of aromatic amines is 1. The Morgan fingerprint density at radius 2 is 2.47 bits per heavy atom. The molecule has 96 valence electrons. The summed E-state index contributed by atoms with van der Waals surface area (Å²) in [6, 6.07) is 0.458. The molecule has 0 spiro atoms. The third kappa shape index (κ3) is 2.65. The van der Waals surface area contributed by atoms with E-state index in [-0.39, 0.29) is 18.2 Å². The summed E-state index contributed by atoms with van der Waals surface area (Å²) in [5.74, 6) is 0.847. The van der Waals surface area contributed by atoms with Gasteiger partial charge in [-0.2, -0.15) is 5.10 Å². The highest BCUT2D eigenvalue weighted by atomic mass is 16.5. The fourth-order valence-corrected chi connectivity index (χ4v) is 2.26. The van der Waals surface area contributed by atoms with Gasteiger partial charge in [-0.1, -0.05) is 0 Å². The Hall–Kier alpha value is -0.980. The zero-order valence-corrected chi connectivity index (χ0v) is 10.5. The molecule has 6 heteroatoms. The molecule has 6 nitrogen and oxygen atoms in total. The molecule has 0 saturated heterocycles. The molecule has 1 fully saturated rings. The van der Waals surface area contributed by atoms with Crippen LogP contribution in [0, 0.1) is 0 Å². The van der Waals surface area contributed by atoms with Crippen LogP contribution in [0.15, 0.2) is 6.33 Å². The molecule has 1 aromatic rings. The van der Waals surface area contributed by atoms with E-state index in [9.17, 15) is 0 Å². The summed E-state index contributed by atoms with van der Waals surface area (Å²) in [5.41, 5.74) is 0. The van der Waals surface area contributed by atoms with E-state index in [0.29, 0.717) is 6.04 Å². The molecular formula is C11H20N4O2. The Kier molecular flexibility index (Phi) is 4.09. The van der Waals surface area contributed by atoms with Gasteiger partial charge in [-0.05, 0) is 20.3 Å². The number of aromatic nitrogens is 3. The van der Waals surface area contributed by atoms with Crippen LogP contribution in [0.5, 0.6) is 0 Å². The smallest absolute Gasteiger partial charge is 0.141 e. The first kappa shape index (κ1) is 12.5. The number of ether oxygens (including phenoxy) is 2. The van der Waals surface area contributed by atoms with Crippen molar-refractivity contribution in [2.24, 2.45) is 0 Å². The van der Waals surface area contributed by atoms with Crippen molar-refractivity contribution >= 4 is 0 Å². The molecule has 1 saturated carbocycles. The SMILES string of the molecule is CCOC1CC(NC(C)c2ncn[nH]2)C1OC. The Bertz CT molecular complexity index is 330. The maximum atomic E-state index is 5.58. The maximum Gasteiger partial charge on any atom is 0.141 e. The minimum atomic E-state index is 0.125. The predicted octanol–water partition coefficient (Wildman–Crippen LogP) is 0.648. The molecule has 1 aliphatic carbocycles. The van der Waals surface area contributed by atoms with Gasteiger partial charge in [0, 0.05) is 19.8 Å². The zero-order valence-electron chi connectivity index (χ0n) is 10.5. The van der Waals surface area contributed by atoms with Crippen molar-refractivity contribution in [3.05, 3.63) is 12.2 Å². The minimum Gasteiger partial charge on any atom is -0.377 e. The topological polar surface area (TPSA) is 72.1 Å². The average Bonchev–Trinajstić information content (AvgIpc) is 2.81. The summed E-state index contributed by atoms with van der Waals surface area (Å²) in [6.45, 7) is 4.79. The van der Waals surface area contributed by atoms with Crippen molar-refractivity contribution in [3.63, 3.8) is 0 Å². The van der Waals surface area contributed by atoms with Crippen molar-refractivity contribution < 1.29 is 9.47 Å². The summed E-state index contributed by atoms with van der Waals surface area (Å²) < 4.78 is 11.0. The summed E-state index contributed by atoms with van der Waals surface area (Å²) in [6.07, 6.45) is 2.83. The lowest BCUT2D eigenvalue weighted by atomic mass is 9.84. The lowest BCUT2D eigenvalue weighted by molar-refractivity contribution is -0.133. The fraction of sp³-hybridized carbons (Fsp3) is 0.818. The lowest BCUT2D eigenvalue weighted by Crippen LogP contribution is -2.60. The van der Waals surface area contributed by atoms with E-state index in [0.717, 1.165) is 18.9 Å². The van der Waals surface area contributed by atoms with Crippen LogP contribution < -0.4 is 5.32 Å². The van der Waals surface area contributed by atoms with Crippen LogP contribution in [0.4, 0.5) is 0 Å². The second-order valence-corrected chi connectivity index (χ2v) is 4.30. The maximum absolute atomic E-state index is 5.58. The Morgan fingerprint density at radius 1 is 1.65 bits per heavy atom. The second-order valence-electron chi connectivity index (χ2n) is 4.30. The molecule has 0 bridgehead atoms. The van der Waals surface area contributed by atoms with Crippen molar-refractivity contribution in [1.29, 1.82) is 0 Å². The van der Waals surface area contributed by atoms with Crippen LogP contribution in [-0.2, 0) is 9.47 Å². The second kappa shape index (κ2) is 5.57. The first-order chi connectivity index (χ1) is 8.26. The van der Waals surface area contributed by atoms with Gasteiger partial charge < -0.3 is 14.8 Å². The Morgan fingerprint density at radius 3 is 3.06 bits per heavy atom. The van der Waals surface area contributed by atoms with Crippen LogP contribution in [0.25, 0.3) is 0 Å². The molecule has 1 heterocycles. The van der Waals surface area contributed by atoms with Gasteiger partial charge in [-0.25, -0.2) is 4.98 Å². The summed E-state index contributed by atoms with van der Waals surface area (Å²) in [5, 5.41) is 10.2. The van der Waals surface area contributed by atoms with Crippen molar-refractivity contribution in [2.75, 3.05) is 13.7 Å². The highest BCUT2D eigenvalue weighted by Crippen LogP contribution is 2.28. The van der Waals surface area contributed by atoms with Crippen LogP contribution in [-0.4, -0.2) is 47.1 Å². The lowest BCUT2D eigenvalue weighted by Gasteiger charge is -2.44. The molecule has 2 N–H and O–H groups in total.